The Morgan fingerprint density at radius 2 is 2.00 bits per heavy atom. The lowest BCUT2D eigenvalue weighted by molar-refractivity contribution is 1.10. The molecule has 74 valence electrons. The quantitative estimate of drug-likeness (QED) is 0.572. The lowest BCUT2D eigenvalue weighted by Crippen LogP contribution is -1.84. The Hall–Kier alpha value is -1.48. The summed E-state index contributed by atoms with van der Waals surface area (Å²) in [5, 5.41) is 1.25. The Morgan fingerprint density at radius 3 is 2.87 bits per heavy atom. The van der Waals surface area contributed by atoms with Crippen molar-refractivity contribution in [3.63, 3.8) is 0 Å². The second-order valence-corrected chi connectivity index (χ2v) is 4.82. The Balaban J connectivity index is 2.55. The Labute approximate surface area is 91.6 Å². The summed E-state index contributed by atoms with van der Waals surface area (Å²) in [6.07, 6.45) is 1.91. The number of rotatable bonds is 0. The minimum absolute atomic E-state index is 0.837. The molecule has 3 aromatic rings. The molecule has 3 heteroatoms. The zero-order valence-electron chi connectivity index (χ0n) is 8.61. The van der Waals surface area contributed by atoms with E-state index in [1.54, 1.807) is 11.3 Å². The molecule has 0 saturated heterocycles. The third-order valence-electron chi connectivity index (χ3n) is 2.49. The number of hydrogen-bond donors (Lipinski definition) is 0. The van der Waals surface area contributed by atoms with Gasteiger partial charge in [0.1, 0.15) is 5.82 Å². The summed E-state index contributed by atoms with van der Waals surface area (Å²) < 4.78 is 2.46. The van der Waals surface area contributed by atoms with E-state index in [4.69, 9.17) is 0 Å². The molecule has 0 saturated carbocycles. The molecular weight excluding hydrogens is 204 g/mol. The van der Waals surface area contributed by atoms with Crippen LogP contribution in [0.5, 0.6) is 0 Å². The first-order chi connectivity index (χ1) is 7.24. The van der Waals surface area contributed by atoms with E-state index < -0.39 is 0 Å². The van der Waals surface area contributed by atoms with E-state index in [0.717, 1.165) is 11.3 Å². The summed E-state index contributed by atoms with van der Waals surface area (Å²) in [6, 6.07) is 6.49. The molecule has 15 heavy (non-hydrogen) atoms. The van der Waals surface area contributed by atoms with Gasteiger partial charge < -0.3 is 0 Å². The van der Waals surface area contributed by atoms with Crippen molar-refractivity contribution in [2.24, 2.45) is 0 Å². The highest BCUT2D eigenvalue weighted by molar-refractivity contribution is 7.25. The average molecular weight is 214 g/mol. The van der Waals surface area contributed by atoms with Crippen molar-refractivity contribution in [3.8, 4) is 0 Å². The van der Waals surface area contributed by atoms with Gasteiger partial charge in [-0.2, -0.15) is 0 Å². The molecule has 0 amide bonds. The van der Waals surface area contributed by atoms with E-state index in [-0.39, 0.29) is 0 Å². The van der Waals surface area contributed by atoms with E-state index >= 15 is 0 Å². The minimum atomic E-state index is 0.837. The van der Waals surface area contributed by atoms with Gasteiger partial charge in [0.15, 0.2) is 0 Å². The number of nitrogens with zero attached hydrogens (tertiary/aromatic N) is 2. The van der Waals surface area contributed by atoms with Gasteiger partial charge in [-0.1, -0.05) is 11.6 Å². The molecule has 0 fully saturated rings. The maximum atomic E-state index is 4.50. The van der Waals surface area contributed by atoms with Gasteiger partial charge in [0.25, 0.3) is 0 Å². The van der Waals surface area contributed by atoms with Crippen molar-refractivity contribution in [1.29, 1.82) is 0 Å². The molecule has 0 radical (unpaired) electrons. The summed E-state index contributed by atoms with van der Waals surface area (Å²) in [5.41, 5.74) is 2.37. The zero-order chi connectivity index (χ0) is 10.4. The van der Waals surface area contributed by atoms with Crippen molar-refractivity contribution in [2.45, 2.75) is 13.8 Å². The fourth-order valence-corrected chi connectivity index (χ4v) is 2.76. The van der Waals surface area contributed by atoms with Crippen molar-refractivity contribution in [1.82, 2.24) is 9.97 Å². The van der Waals surface area contributed by atoms with Crippen molar-refractivity contribution < 1.29 is 0 Å². The first-order valence-corrected chi connectivity index (χ1v) is 5.68. The molecule has 2 nitrogen and oxygen atoms in total. The van der Waals surface area contributed by atoms with Crippen molar-refractivity contribution >= 4 is 31.6 Å². The number of benzene rings is 1. The van der Waals surface area contributed by atoms with Gasteiger partial charge in [-0.15, -0.1) is 11.3 Å². The van der Waals surface area contributed by atoms with Crippen LogP contribution in [-0.2, 0) is 0 Å². The second-order valence-electron chi connectivity index (χ2n) is 3.73. The van der Waals surface area contributed by atoms with Gasteiger partial charge in [0, 0.05) is 16.3 Å². The highest BCUT2D eigenvalue weighted by Gasteiger charge is 2.06. The molecule has 2 heterocycles. The normalized spacial score (nSPS) is 11.3. The lowest BCUT2D eigenvalue weighted by atomic mass is 10.2. The topological polar surface area (TPSA) is 25.8 Å². The van der Waals surface area contributed by atoms with Crippen LogP contribution in [0, 0.1) is 13.8 Å². The van der Waals surface area contributed by atoms with Crippen LogP contribution in [0.15, 0.2) is 24.4 Å². The molecule has 0 atom stereocenters. The molecule has 0 N–H and O–H groups in total. The monoisotopic (exact) mass is 214 g/mol. The van der Waals surface area contributed by atoms with Crippen LogP contribution in [0.4, 0.5) is 0 Å². The molecule has 0 bridgehead atoms. The average Bonchev–Trinajstić information content (AvgIpc) is 2.56. The number of fused-ring (bicyclic) bond motifs is 3. The summed E-state index contributed by atoms with van der Waals surface area (Å²) >= 11 is 1.75. The summed E-state index contributed by atoms with van der Waals surface area (Å²) in [4.78, 5) is 8.73. The minimum Gasteiger partial charge on any atom is -0.240 e. The van der Waals surface area contributed by atoms with Crippen molar-refractivity contribution in [3.05, 3.63) is 35.8 Å². The second kappa shape index (κ2) is 3.00. The van der Waals surface area contributed by atoms with Crippen LogP contribution >= 0.6 is 11.3 Å². The Morgan fingerprint density at radius 1 is 1.13 bits per heavy atom. The van der Waals surface area contributed by atoms with E-state index in [1.807, 2.05) is 13.1 Å². The van der Waals surface area contributed by atoms with Gasteiger partial charge in [0.05, 0.1) is 10.2 Å². The van der Waals surface area contributed by atoms with Crippen LogP contribution < -0.4 is 0 Å². The lowest BCUT2D eigenvalue weighted by Gasteiger charge is -1.94. The maximum Gasteiger partial charge on any atom is 0.125 e. The molecule has 0 aliphatic heterocycles. The maximum absolute atomic E-state index is 4.50. The third kappa shape index (κ3) is 1.31. The molecule has 0 aliphatic rings. The largest absolute Gasteiger partial charge is 0.240 e. The van der Waals surface area contributed by atoms with Gasteiger partial charge in [0.2, 0.25) is 0 Å². The van der Waals surface area contributed by atoms with Crippen molar-refractivity contribution in [2.75, 3.05) is 0 Å². The van der Waals surface area contributed by atoms with Crippen LogP contribution in [0.1, 0.15) is 11.4 Å². The van der Waals surface area contributed by atoms with E-state index in [2.05, 4.69) is 35.1 Å². The number of aromatic nitrogens is 2. The Kier molecular flexibility index (Phi) is 1.76. The smallest absolute Gasteiger partial charge is 0.125 e. The highest BCUT2D eigenvalue weighted by Crippen LogP contribution is 2.32. The first-order valence-electron chi connectivity index (χ1n) is 4.86. The first kappa shape index (κ1) is 8.80. The summed E-state index contributed by atoms with van der Waals surface area (Å²) in [6.45, 7) is 4.04. The molecule has 1 aromatic carbocycles. The van der Waals surface area contributed by atoms with E-state index in [0.29, 0.717) is 0 Å². The number of aryl methyl sites for hydroxylation is 2. The fourth-order valence-electron chi connectivity index (χ4n) is 1.76. The molecule has 0 spiro atoms. The van der Waals surface area contributed by atoms with Crippen LogP contribution in [0.3, 0.4) is 0 Å². The highest BCUT2D eigenvalue weighted by atomic mass is 32.1. The van der Waals surface area contributed by atoms with Gasteiger partial charge in [-0.25, -0.2) is 9.97 Å². The van der Waals surface area contributed by atoms with Gasteiger partial charge >= 0.3 is 0 Å². The summed E-state index contributed by atoms with van der Waals surface area (Å²) in [5.74, 6) is 0.837. The summed E-state index contributed by atoms with van der Waals surface area (Å²) in [7, 11) is 0. The predicted octanol–water partition coefficient (Wildman–Crippen LogP) is 3.46. The van der Waals surface area contributed by atoms with Crippen LogP contribution in [0.25, 0.3) is 20.3 Å². The third-order valence-corrected chi connectivity index (χ3v) is 3.58. The molecule has 2 aromatic heterocycles. The number of thiophene rings is 1. The Bertz CT molecular complexity index is 599. The molecular formula is C12H10N2S. The van der Waals surface area contributed by atoms with Gasteiger partial charge in [-0.3, -0.25) is 0 Å². The standard InChI is InChI=1S/C12H10N2S/c1-7-3-4-10-9(5-7)12-11(15-10)6-13-8(2)14-12/h3-6H,1-2H3. The van der Waals surface area contributed by atoms with E-state index in [9.17, 15) is 0 Å². The fraction of sp³-hybridized carbons (Fsp3) is 0.167. The predicted molar refractivity (Wildman–Crippen MR) is 64.4 cm³/mol. The van der Waals surface area contributed by atoms with Crippen LogP contribution in [0.2, 0.25) is 0 Å². The zero-order valence-corrected chi connectivity index (χ0v) is 9.43. The number of hydrogen-bond acceptors (Lipinski definition) is 3. The SMILES string of the molecule is Cc1ccc2sc3cnc(C)nc3c2c1. The van der Waals surface area contributed by atoms with Crippen LogP contribution in [-0.4, -0.2) is 9.97 Å². The van der Waals surface area contributed by atoms with Gasteiger partial charge in [-0.05, 0) is 26.0 Å². The molecule has 0 unspecified atom stereocenters. The van der Waals surface area contributed by atoms with E-state index in [1.165, 1.54) is 20.3 Å². The molecule has 0 aliphatic carbocycles. The molecule has 3 rings (SSSR count).